The maximum absolute atomic E-state index is 8.78. The van der Waals surface area contributed by atoms with Gasteiger partial charge >= 0.3 is 6.09 Å². The zero-order chi connectivity index (χ0) is 8.41. The minimum atomic E-state index is -1.33. The molecule has 0 aliphatic rings. The SMILES string of the molecule is CCCCNC.NC(=O)O. The number of carboxylic acid groups (broad SMARTS) is 1. The maximum atomic E-state index is 8.78. The molecular weight excluding hydrogens is 132 g/mol. The van der Waals surface area contributed by atoms with Crippen molar-refractivity contribution in [3.8, 4) is 0 Å². The van der Waals surface area contributed by atoms with Gasteiger partial charge in [0.15, 0.2) is 0 Å². The molecule has 0 spiro atoms. The van der Waals surface area contributed by atoms with E-state index in [2.05, 4.69) is 18.0 Å². The second-order valence-electron chi connectivity index (χ2n) is 1.80. The molecule has 0 aromatic carbocycles. The number of nitrogens with two attached hydrogens (primary N) is 1. The van der Waals surface area contributed by atoms with Crippen molar-refractivity contribution in [2.75, 3.05) is 13.6 Å². The van der Waals surface area contributed by atoms with Gasteiger partial charge in [-0.1, -0.05) is 13.3 Å². The second kappa shape index (κ2) is 11.1. The van der Waals surface area contributed by atoms with Gasteiger partial charge in [-0.25, -0.2) is 4.79 Å². The number of rotatable bonds is 3. The van der Waals surface area contributed by atoms with Crippen LogP contribution in [-0.4, -0.2) is 24.8 Å². The molecule has 0 aliphatic heterocycles. The molecule has 0 aromatic rings. The molecule has 4 heteroatoms. The molecule has 0 unspecified atom stereocenters. The van der Waals surface area contributed by atoms with Crippen LogP contribution >= 0.6 is 0 Å². The van der Waals surface area contributed by atoms with Crippen molar-refractivity contribution < 1.29 is 9.90 Å². The summed E-state index contributed by atoms with van der Waals surface area (Å²) in [6.07, 6.45) is 1.26. The van der Waals surface area contributed by atoms with Crippen LogP contribution in [0.25, 0.3) is 0 Å². The third-order valence-electron chi connectivity index (χ3n) is 0.780. The fraction of sp³-hybridized carbons (Fsp3) is 0.833. The van der Waals surface area contributed by atoms with Crippen molar-refractivity contribution in [1.29, 1.82) is 0 Å². The molecule has 0 aromatic heterocycles. The number of hydrogen-bond acceptors (Lipinski definition) is 2. The molecule has 62 valence electrons. The lowest BCUT2D eigenvalue weighted by molar-refractivity contribution is 0.205. The smallest absolute Gasteiger partial charge is 0.402 e. The summed E-state index contributed by atoms with van der Waals surface area (Å²) in [7, 11) is 1.98. The summed E-state index contributed by atoms with van der Waals surface area (Å²) >= 11 is 0. The van der Waals surface area contributed by atoms with E-state index in [0.29, 0.717) is 0 Å². The van der Waals surface area contributed by atoms with Gasteiger partial charge in [0.05, 0.1) is 0 Å². The Hall–Kier alpha value is -0.770. The second-order valence-corrected chi connectivity index (χ2v) is 1.80. The topological polar surface area (TPSA) is 75.3 Å². The van der Waals surface area contributed by atoms with E-state index in [1.807, 2.05) is 7.05 Å². The molecule has 4 N–H and O–H groups in total. The molecule has 0 radical (unpaired) electrons. The Labute approximate surface area is 61.4 Å². The lowest BCUT2D eigenvalue weighted by Gasteiger charge is -1.89. The Morgan fingerprint density at radius 3 is 2.20 bits per heavy atom. The van der Waals surface area contributed by atoms with Crippen LogP contribution in [0.5, 0.6) is 0 Å². The highest BCUT2D eigenvalue weighted by Gasteiger charge is 1.73. The van der Waals surface area contributed by atoms with E-state index in [4.69, 9.17) is 9.90 Å². The molecule has 0 bridgehead atoms. The lowest BCUT2D eigenvalue weighted by Crippen LogP contribution is -2.06. The van der Waals surface area contributed by atoms with Crippen molar-refractivity contribution in [3.63, 3.8) is 0 Å². The van der Waals surface area contributed by atoms with Crippen molar-refractivity contribution in [2.24, 2.45) is 5.73 Å². The first-order valence-corrected chi connectivity index (χ1v) is 3.28. The average Bonchev–Trinajstić information content (AvgIpc) is 1.82. The van der Waals surface area contributed by atoms with Gasteiger partial charge in [0.1, 0.15) is 0 Å². The summed E-state index contributed by atoms with van der Waals surface area (Å²) in [4.78, 5) is 8.78. The van der Waals surface area contributed by atoms with Crippen LogP contribution in [0.4, 0.5) is 4.79 Å². The summed E-state index contributed by atoms with van der Waals surface area (Å²) in [6.45, 7) is 3.36. The standard InChI is InChI=1S/C5H13N.CH3NO2/c1-3-4-5-6-2;2-1(3)4/h6H,3-5H2,1-2H3;2H2,(H,3,4). The van der Waals surface area contributed by atoms with Gasteiger partial charge in [0, 0.05) is 0 Å². The summed E-state index contributed by atoms with van der Waals surface area (Å²) in [5.41, 5.74) is 4.03. The summed E-state index contributed by atoms with van der Waals surface area (Å²) < 4.78 is 0. The van der Waals surface area contributed by atoms with Crippen LogP contribution in [-0.2, 0) is 0 Å². The van der Waals surface area contributed by atoms with Gasteiger partial charge in [0.2, 0.25) is 0 Å². The normalized spacial score (nSPS) is 7.80. The van der Waals surface area contributed by atoms with Gasteiger partial charge in [-0.05, 0) is 20.0 Å². The monoisotopic (exact) mass is 148 g/mol. The summed E-state index contributed by atoms with van der Waals surface area (Å²) in [6, 6.07) is 0. The van der Waals surface area contributed by atoms with Gasteiger partial charge in [-0.15, -0.1) is 0 Å². The first kappa shape index (κ1) is 12.0. The third-order valence-corrected chi connectivity index (χ3v) is 0.780. The van der Waals surface area contributed by atoms with Crippen molar-refractivity contribution in [3.05, 3.63) is 0 Å². The number of amides is 1. The van der Waals surface area contributed by atoms with E-state index in [9.17, 15) is 0 Å². The molecule has 0 aliphatic carbocycles. The first-order valence-electron chi connectivity index (χ1n) is 3.28. The Kier molecular flexibility index (Phi) is 13.3. The van der Waals surface area contributed by atoms with Crippen LogP contribution < -0.4 is 11.1 Å². The van der Waals surface area contributed by atoms with Crippen LogP contribution in [0.2, 0.25) is 0 Å². The quantitative estimate of drug-likeness (QED) is 0.514. The lowest BCUT2D eigenvalue weighted by atomic mass is 10.3. The molecule has 0 saturated heterocycles. The Morgan fingerprint density at radius 2 is 2.10 bits per heavy atom. The fourth-order valence-corrected chi connectivity index (χ4v) is 0.354. The minimum absolute atomic E-state index is 1.16. The fourth-order valence-electron chi connectivity index (χ4n) is 0.354. The first-order chi connectivity index (χ1) is 4.65. The van der Waals surface area contributed by atoms with E-state index >= 15 is 0 Å². The predicted molar refractivity (Wildman–Crippen MR) is 41.0 cm³/mol. The Bertz CT molecular complexity index is 68.1. The van der Waals surface area contributed by atoms with E-state index in [1.165, 1.54) is 12.8 Å². The van der Waals surface area contributed by atoms with Crippen molar-refractivity contribution in [1.82, 2.24) is 5.32 Å². The van der Waals surface area contributed by atoms with E-state index in [0.717, 1.165) is 6.54 Å². The highest BCUT2D eigenvalue weighted by Crippen LogP contribution is 1.79. The van der Waals surface area contributed by atoms with Crippen molar-refractivity contribution in [2.45, 2.75) is 19.8 Å². The molecular formula is C6H16N2O2. The number of nitrogens with one attached hydrogen (secondary N) is 1. The van der Waals surface area contributed by atoms with Crippen molar-refractivity contribution >= 4 is 6.09 Å². The highest BCUT2D eigenvalue weighted by atomic mass is 16.4. The molecule has 1 amide bonds. The van der Waals surface area contributed by atoms with Crippen LogP contribution in [0, 0.1) is 0 Å². The molecule has 0 fully saturated rings. The summed E-state index contributed by atoms with van der Waals surface area (Å²) in [5.74, 6) is 0. The van der Waals surface area contributed by atoms with Crippen LogP contribution in [0.15, 0.2) is 0 Å². The van der Waals surface area contributed by atoms with Crippen LogP contribution in [0.1, 0.15) is 19.8 Å². The van der Waals surface area contributed by atoms with E-state index < -0.39 is 6.09 Å². The van der Waals surface area contributed by atoms with Gasteiger partial charge in [0.25, 0.3) is 0 Å². The maximum Gasteiger partial charge on any atom is 0.402 e. The Balaban J connectivity index is 0. The zero-order valence-corrected chi connectivity index (χ0v) is 6.55. The molecule has 0 heterocycles. The van der Waals surface area contributed by atoms with E-state index in [-0.39, 0.29) is 0 Å². The number of hydrogen-bond donors (Lipinski definition) is 3. The summed E-state index contributed by atoms with van der Waals surface area (Å²) in [5, 5.41) is 10.3. The molecule has 0 rings (SSSR count). The molecule has 10 heavy (non-hydrogen) atoms. The van der Waals surface area contributed by atoms with Gasteiger partial charge in [-0.3, -0.25) is 0 Å². The minimum Gasteiger partial charge on any atom is -0.465 e. The molecule has 0 atom stereocenters. The Morgan fingerprint density at radius 1 is 1.70 bits per heavy atom. The zero-order valence-electron chi connectivity index (χ0n) is 6.55. The highest BCUT2D eigenvalue weighted by molar-refractivity contribution is 5.61. The largest absolute Gasteiger partial charge is 0.465 e. The molecule has 0 saturated carbocycles. The number of carbonyl (C=O) groups is 1. The number of primary amides is 1. The predicted octanol–water partition coefficient (Wildman–Crippen LogP) is 0.629. The van der Waals surface area contributed by atoms with E-state index in [1.54, 1.807) is 0 Å². The number of unbranched alkanes of at least 4 members (excludes halogenated alkanes) is 1. The molecule has 4 nitrogen and oxygen atoms in total. The van der Waals surface area contributed by atoms with Gasteiger partial charge < -0.3 is 16.2 Å². The van der Waals surface area contributed by atoms with Gasteiger partial charge in [-0.2, -0.15) is 0 Å². The van der Waals surface area contributed by atoms with Crippen LogP contribution in [0.3, 0.4) is 0 Å². The third kappa shape index (κ3) is 56.4. The average molecular weight is 148 g/mol.